The second-order valence-corrected chi connectivity index (χ2v) is 9.54. The molecule has 1 heterocycles. The monoisotopic (exact) mass is 527 g/mol. The Hall–Kier alpha value is -4.43. The number of hydrogen-bond acceptors (Lipinski definition) is 5. The standard InChI is InChI=1S/C31H33N3O5/c1-22-8-7-11-26(16-22)32-31(37)33(14-15-38-3)20-29(35)34(18-24-9-5-4-6-10-24)19-25-21-39-28-13-12-23(2)17-27(28)30(25)36/h4-13,16-17,21H,14-15,18-20H2,1-3H3,(H,32,37). The van der Waals surface area contributed by atoms with Gasteiger partial charge >= 0.3 is 6.03 Å². The quantitative estimate of drug-likeness (QED) is 0.309. The number of carbonyl (C=O) groups excluding carboxylic acids is 2. The van der Waals surface area contributed by atoms with Crippen LogP contribution < -0.4 is 10.7 Å². The minimum atomic E-state index is -0.411. The number of rotatable bonds is 10. The Labute approximate surface area is 227 Å². The van der Waals surface area contributed by atoms with Gasteiger partial charge < -0.3 is 24.3 Å². The lowest BCUT2D eigenvalue weighted by molar-refractivity contribution is -0.133. The maximum absolute atomic E-state index is 13.7. The topological polar surface area (TPSA) is 92.1 Å². The molecule has 8 nitrogen and oxygen atoms in total. The van der Waals surface area contributed by atoms with Gasteiger partial charge in [-0.25, -0.2) is 4.79 Å². The smallest absolute Gasteiger partial charge is 0.322 e. The molecule has 0 bridgehead atoms. The number of fused-ring (bicyclic) bond motifs is 1. The lowest BCUT2D eigenvalue weighted by Crippen LogP contribution is -2.45. The third-order valence-corrected chi connectivity index (χ3v) is 6.38. The van der Waals surface area contributed by atoms with Crippen molar-refractivity contribution in [1.29, 1.82) is 0 Å². The van der Waals surface area contributed by atoms with Crippen molar-refractivity contribution in [3.05, 3.63) is 112 Å². The van der Waals surface area contributed by atoms with E-state index in [1.54, 1.807) is 30.2 Å². The highest BCUT2D eigenvalue weighted by Gasteiger charge is 2.23. The third kappa shape index (κ3) is 7.33. The Bertz CT molecular complexity index is 1500. The molecule has 0 radical (unpaired) electrons. The van der Waals surface area contributed by atoms with Gasteiger partial charge in [0.05, 0.1) is 30.4 Å². The molecule has 4 rings (SSSR count). The fraction of sp³-hybridized carbons (Fsp3) is 0.258. The van der Waals surface area contributed by atoms with Crippen molar-refractivity contribution in [2.45, 2.75) is 26.9 Å². The van der Waals surface area contributed by atoms with E-state index in [1.165, 1.54) is 11.2 Å². The summed E-state index contributed by atoms with van der Waals surface area (Å²) < 4.78 is 10.9. The summed E-state index contributed by atoms with van der Waals surface area (Å²) in [5.74, 6) is -0.307. The number of benzene rings is 3. The zero-order chi connectivity index (χ0) is 27.8. The van der Waals surface area contributed by atoms with Crippen molar-refractivity contribution in [2.75, 3.05) is 32.1 Å². The van der Waals surface area contributed by atoms with Crippen molar-refractivity contribution in [2.24, 2.45) is 0 Å². The Kier molecular flexibility index (Phi) is 9.12. The molecule has 0 aliphatic rings. The van der Waals surface area contributed by atoms with E-state index < -0.39 is 6.03 Å². The summed E-state index contributed by atoms with van der Waals surface area (Å²) in [7, 11) is 1.54. The van der Waals surface area contributed by atoms with Crippen LogP contribution in [-0.2, 0) is 22.6 Å². The average molecular weight is 528 g/mol. The number of hydrogen-bond donors (Lipinski definition) is 1. The molecule has 1 N–H and O–H groups in total. The molecular weight excluding hydrogens is 494 g/mol. The Morgan fingerprint density at radius 3 is 2.41 bits per heavy atom. The van der Waals surface area contributed by atoms with E-state index in [4.69, 9.17) is 9.15 Å². The summed E-state index contributed by atoms with van der Waals surface area (Å²) in [5, 5.41) is 3.34. The maximum atomic E-state index is 13.7. The molecule has 1 aromatic heterocycles. The van der Waals surface area contributed by atoms with Crippen LogP contribution in [0.25, 0.3) is 11.0 Å². The van der Waals surface area contributed by atoms with Gasteiger partial charge in [-0.1, -0.05) is 54.1 Å². The Balaban J connectivity index is 1.59. The van der Waals surface area contributed by atoms with Crippen LogP contribution in [0.15, 0.2) is 88.3 Å². The molecule has 4 aromatic rings. The molecule has 0 aliphatic heterocycles. The number of methoxy groups -OCH3 is 1. The number of amides is 3. The summed E-state index contributed by atoms with van der Waals surface area (Å²) in [6.07, 6.45) is 1.42. The summed E-state index contributed by atoms with van der Waals surface area (Å²) in [6.45, 7) is 4.45. The highest BCUT2D eigenvalue weighted by Crippen LogP contribution is 2.16. The molecule has 39 heavy (non-hydrogen) atoms. The van der Waals surface area contributed by atoms with Gasteiger partial charge in [-0.15, -0.1) is 0 Å². The first-order valence-corrected chi connectivity index (χ1v) is 12.8. The van der Waals surface area contributed by atoms with Crippen LogP contribution in [0.2, 0.25) is 0 Å². The lowest BCUT2D eigenvalue weighted by Gasteiger charge is -2.28. The molecule has 8 heteroatoms. The van der Waals surface area contributed by atoms with Gasteiger partial charge in [0.15, 0.2) is 5.43 Å². The zero-order valence-corrected chi connectivity index (χ0v) is 22.5. The number of carbonyl (C=O) groups is 2. The van der Waals surface area contributed by atoms with Gasteiger partial charge in [0.1, 0.15) is 12.1 Å². The fourth-order valence-electron chi connectivity index (χ4n) is 4.28. The van der Waals surface area contributed by atoms with E-state index >= 15 is 0 Å². The number of nitrogens with one attached hydrogen (secondary N) is 1. The van der Waals surface area contributed by atoms with Crippen molar-refractivity contribution < 1.29 is 18.7 Å². The number of nitrogens with zero attached hydrogens (tertiary/aromatic N) is 2. The average Bonchev–Trinajstić information content (AvgIpc) is 2.92. The van der Waals surface area contributed by atoms with Gasteiger partial charge in [0.25, 0.3) is 0 Å². The lowest BCUT2D eigenvalue weighted by atomic mass is 10.1. The van der Waals surface area contributed by atoms with E-state index in [0.29, 0.717) is 22.2 Å². The fourth-order valence-corrected chi connectivity index (χ4v) is 4.28. The molecule has 0 fully saturated rings. The van der Waals surface area contributed by atoms with Gasteiger partial charge in [-0.05, 0) is 49.2 Å². The molecule has 0 atom stereocenters. The van der Waals surface area contributed by atoms with Crippen molar-refractivity contribution in [3.63, 3.8) is 0 Å². The van der Waals surface area contributed by atoms with E-state index in [9.17, 15) is 14.4 Å². The number of ether oxygens (including phenoxy) is 1. The third-order valence-electron chi connectivity index (χ3n) is 6.38. The van der Waals surface area contributed by atoms with Crippen molar-refractivity contribution in [1.82, 2.24) is 9.80 Å². The van der Waals surface area contributed by atoms with Crippen LogP contribution in [0.5, 0.6) is 0 Å². The molecule has 202 valence electrons. The van der Waals surface area contributed by atoms with Crippen LogP contribution >= 0.6 is 0 Å². The predicted molar refractivity (Wildman–Crippen MR) is 152 cm³/mol. The van der Waals surface area contributed by atoms with E-state index in [0.717, 1.165) is 16.7 Å². The second-order valence-electron chi connectivity index (χ2n) is 9.54. The van der Waals surface area contributed by atoms with Crippen LogP contribution in [-0.4, -0.2) is 48.5 Å². The molecule has 0 aliphatic carbocycles. The number of aryl methyl sites for hydroxylation is 2. The highest BCUT2D eigenvalue weighted by molar-refractivity contribution is 5.92. The first kappa shape index (κ1) is 27.6. The van der Waals surface area contributed by atoms with E-state index in [-0.39, 0.29) is 44.1 Å². The first-order valence-electron chi connectivity index (χ1n) is 12.8. The number of urea groups is 1. The van der Waals surface area contributed by atoms with Crippen LogP contribution in [0.4, 0.5) is 10.5 Å². The van der Waals surface area contributed by atoms with Crippen molar-refractivity contribution in [3.8, 4) is 0 Å². The van der Waals surface area contributed by atoms with Crippen molar-refractivity contribution >= 4 is 28.6 Å². The summed E-state index contributed by atoms with van der Waals surface area (Å²) >= 11 is 0. The molecule has 0 saturated heterocycles. The molecular formula is C31H33N3O5. The Morgan fingerprint density at radius 1 is 0.897 bits per heavy atom. The normalized spacial score (nSPS) is 10.8. The summed E-state index contributed by atoms with van der Waals surface area (Å²) in [6, 6.07) is 22.0. The molecule has 3 amide bonds. The van der Waals surface area contributed by atoms with Gasteiger partial charge in [0.2, 0.25) is 5.91 Å². The molecule has 0 saturated carbocycles. The van der Waals surface area contributed by atoms with E-state index in [2.05, 4.69) is 5.32 Å². The first-order chi connectivity index (χ1) is 18.8. The molecule has 0 spiro atoms. The Morgan fingerprint density at radius 2 is 1.67 bits per heavy atom. The van der Waals surface area contributed by atoms with E-state index in [1.807, 2.05) is 68.4 Å². The predicted octanol–water partition coefficient (Wildman–Crippen LogP) is 5.12. The number of anilines is 1. The minimum absolute atomic E-state index is 0.0392. The highest BCUT2D eigenvalue weighted by atomic mass is 16.5. The second kappa shape index (κ2) is 12.9. The van der Waals surface area contributed by atoms with Gasteiger partial charge in [0, 0.05) is 25.9 Å². The largest absolute Gasteiger partial charge is 0.464 e. The maximum Gasteiger partial charge on any atom is 0.322 e. The van der Waals surface area contributed by atoms with Gasteiger partial charge in [-0.3, -0.25) is 9.59 Å². The minimum Gasteiger partial charge on any atom is -0.464 e. The van der Waals surface area contributed by atoms with Crippen LogP contribution in [0, 0.1) is 13.8 Å². The molecule has 3 aromatic carbocycles. The van der Waals surface area contributed by atoms with Crippen LogP contribution in [0.3, 0.4) is 0 Å². The van der Waals surface area contributed by atoms with Gasteiger partial charge in [-0.2, -0.15) is 0 Å². The zero-order valence-electron chi connectivity index (χ0n) is 22.5. The van der Waals surface area contributed by atoms with Crippen LogP contribution in [0.1, 0.15) is 22.3 Å². The summed E-state index contributed by atoms with van der Waals surface area (Å²) in [4.78, 5) is 43.1. The molecule has 0 unspecified atom stereocenters. The summed E-state index contributed by atoms with van der Waals surface area (Å²) in [5.41, 5.74) is 4.17. The SMILES string of the molecule is COCCN(CC(=O)N(Cc1ccccc1)Cc1coc2ccc(C)cc2c1=O)C(=O)Nc1cccc(C)c1.